The fourth-order valence-corrected chi connectivity index (χ4v) is 3.55. The lowest BCUT2D eigenvalue weighted by molar-refractivity contribution is -0.148. The molecule has 1 heterocycles. The molecule has 0 bridgehead atoms. The molecule has 1 aromatic carbocycles. The number of aromatic hydroxyl groups is 2. The SMILES string of the molecule is CC(=O)N1C(C(=O)O)CSC1c1cc(O)ccc1O. The number of rotatable bonds is 2. The van der Waals surface area contributed by atoms with Crippen LogP contribution < -0.4 is 0 Å². The summed E-state index contributed by atoms with van der Waals surface area (Å²) in [5.74, 6) is -1.34. The summed E-state index contributed by atoms with van der Waals surface area (Å²) in [6.45, 7) is 1.29. The molecule has 1 fully saturated rings. The van der Waals surface area contributed by atoms with Gasteiger partial charge in [-0.15, -0.1) is 11.8 Å². The molecule has 2 atom stereocenters. The molecule has 0 radical (unpaired) electrons. The average molecular weight is 283 g/mol. The smallest absolute Gasteiger partial charge is 0.327 e. The summed E-state index contributed by atoms with van der Waals surface area (Å²) in [6, 6.07) is 3.06. The van der Waals surface area contributed by atoms with Crippen molar-refractivity contribution in [3.05, 3.63) is 23.8 Å². The van der Waals surface area contributed by atoms with E-state index in [0.29, 0.717) is 5.56 Å². The van der Waals surface area contributed by atoms with E-state index < -0.39 is 17.4 Å². The molecule has 0 spiro atoms. The quantitative estimate of drug-likeness (QED) is 0.704. The van der Waals surface area contributed by atoms with Gasteiger partial charge in [0.05, 0.1) is 0 Å². The highest BCUT2D eigenvalue weighted by molar-refractivity contribution is 7.99. The number of nitrogens with zero attached hydrogens (tertiary/aromatic N) is 1. The Bertz CT molecular complexity index is 533. The number of carbonyl (C=O) groups is 2. The van der Waals surface area contributed by atoms with Crippen LogP contribution >= 0.6 is 11.8 Å². The van der Waals surface area contributed by atoms with Crippen LogP contribution in [0, 0.1) is 0 Å². The average Bonchev–Trinajstić information content (AvgIpc) is 2.76. The topological polar surface area (TPSA) is 98.1 Å². The van der Waals surface area contributed by atoms with Gasteiger partial charge in [-0.3, -0.25) is 4.79 Å². The van der Waals surface area contributed by atoms with Gasteiger partial charge in [0.25, 0.3) is 0 Å². The van der Waals surface area contributed by atoms with Gasteiger partial charge in [-0.1, -0.05) is 0 Å². The van der Waals surface area contributed by atoms with E-state index in [-0.39, 0.29) is 23.2 Å². The Hall–Kier alpha value is -1.89. The number of aliphatic carboxylic acids is 1. The molecule has 0 aromatic heterocycles. The fraction of sp³-hybridized carbons (Fsp3) is 0.333. The molecule has 1 aliphatic heterocycles. The number of benzene rings is 1. The van der Waals surface area contributed by atoms with Gasteiger partial charge in [0.15, 0.2) is 0 Å². The molecule has 1 aromatic rings. The minimum atomic E-state index is -1.08. The van der Waals surface area contributed by atoms with Crippen LogP contribution in [0.25, 0.3) is 0 Å². The number of carbonyl (C=O) groups excluding carboxylic acids is 1. The number of amides is 1. The van der Waals surface area contributed by atoms with Crippen molar-refractivity contribution in [3.8, 4) is 11.5 Å². The van der Waals surface area contributed by atoms with Gasteiger partial charge >= 0.3 is 5.97 Å². The number of phenols is 2. The van der Waals surface area contributed by atoms with E-state index in [1.165, 1.54) is 41.8 Å². The number of carboxylic acid groups (broad SMARTS) is 1. The van der Waals surface area contributed by atoms with Crippen LogP contribution in [0.5, 0.6) is 11.5 Å². The second kappa shape index (κ2) is 5.00. The molecule has 0 aliphatic carbocycles. The number of hydrogen-bond acceptors (Lipinski definition) is 5. The van der Waals surface area contributed by atoms with Gasteiger partial charge in [-0.25, -0.2) is 4.79 Å². The zero-order chi connectivity index (χ0) is 14.2. The highest BCUT2D eigenvalue weighted by atomic mass is 32.2. The first-order chi connectivity index (χ1) is 8.91. The number of phenolic OH excluding ortho intramolecular Hbond substituents is 2. The molecule has 7 heteroatoms. The molecular weight excluding hydrogens is 270 g/mol. The zero-order valence-corrected chi connectivity index (χ0v) is 10.9. The molecule has 1 saturated heterocycles. The third-order valence-corrected chi connectivity index (χ3v) is 4.23. The minimum absolute atomic E-state index is 0.0457. The van der Waals surface area contributed by atoms with E-state index in [9.17, 15) is 19.8 Å². The lowest BCUT2D eigenvalue weighted by atomic mass is 10.1. The highest BCUT2D eigenvalue weighted by Crippen LogP contribution is 2.45. The van der Waals surface area contributed by atoms with Crippen molar-refractivity contribution < 1.29 is 24.9 Å². The lowest BCUT2D eigenvalue weighted by Gasteiger charge is -2.26. The molecule has 102 valence electrons. The second-order valence-corrected chi connectivity index (χ2v) is 5.32. The van der Waals surface area contributed by atoms with Gasteiger partial charge < -0.3 is 20.2 Å². The summed E-state index contributed by atoms with van der Waals surface area (Å²) < 4.78 is 0. The van der Waals surface area contributed by atoms with Crippen LogP contribution in [0.2, 0.25) is 0 Å². The summed E-state index contributed by atoms with van der Waals surface area (Å²) in [7, 11) is 0. The van der Waals surface area contributed by atoms with Crippen molar-refractivity contribution in [1.82, 2.24) is 4.90 Å². The molecule has 2 unspecified atom stereocenters. The van der Waals surface area contributed by atoms with Gasteiger partial charge in [-0.05, 0) is 18.2 Å². The van der Waals surface area contributed by atoms with Crippen molar-refractivity contribution in [1.29, 1.82) is 0 Å². The van der Waals surface area contributed by atoms with E-state index in [2.05, 4.69) is 0 Å². The Labute approximate surface area is 113 Å². The normalized spacial score (nSPS) is 22.5. The van der Waals surface area contributed by atoms with E-state index in [1.54, 1.807) is 0 Å². The summed E-state index contributed by atoms with van der Waals surface area (Å²) in [5.41, 5.74) is 0.337. The Kier molecular flexibility index (Phi) is 3.57. The minimum Gasteiger partial charge on any atom is -0.508 e. The third-order valence-electron chi connectivity index (χ3n) is 2.93. The maximum atomic E-state index is 11.6. The van der Waals surface area contributed by atoms with Crippen molar-refractivity contribution in [2.24, 2.45) is 0 Å². The van der Waals surface area contributed by atoms with Crippen molar-refractivity contribution in [3.63, 3.8) is 0 Å². The van der Waals surface area contributed by atoms with Crippen LogP contribution in [0.1, 0.15) is 17.9 Å². The zero-order valence-electron chi connectivity index (χ0n) is 10.1. The Morgan fingerprint density at radius 1 is 1.37 bits per heavy atom. The Balaban J connectivity index is 2.41. The van der Waals surface area contributed by atoms with Crippen molar-refractivity contribution in [2.75, 3.05) is 5.75 Å². The largest absolute Gasteiger partial charge is 0.508 e. The molecule has 6 nitrogen and oxygen atoms in total. The fourth-order valence-electron chi connectivity index (χ4n) is 2.06. The molecule has 1 amide bonds. The number of hydrogen-bond donors (Lipinski definition) is 3. The first kappa shape index (κ1) is 13.5. The summed E-state index contributed by atoms with van der Waals surface area (Å²) in [5, 5.41) is 27.8. The predicted octanol–water partition coefficient (Wildman–Crippen LogP) is 1.14. The molecule has 2 rings (SSSR count). The van der Waals surface area contributed by atoms with Gasteiger partial charge in [-0.2, -0.15) is 0 Å². The predicted molar refractivity (Wildman–Crippen MR) is 68.9 cm³/mol. The van der Waals surface area contributed by atoms with Crippen LogP contribution in [0.3, 0.4) is 0 Å². The summed E-state index contributed by atoms with van der Waals surface area (Å²) in [4.78, 5) is 24.0. The van der Waals surface area contributed by atoms with Crippen LogP contribution in [-0.2, 0) is 9.59 Å². The second-order valence-electron chi connectivity index (χ2n) is 4.21. The van der Waals surface area contributed by atoms with E-state index in [4.69, 9.17) is 5.11 Å². The van der Waals surface area contributed by atoms with Gasteiger partial charge in [0.2, 0.25) is 5.91 Å². The maximum absolute atomic E-state index is 11.6. The molecule has 0 saturated carbocycles. The number of carboxylic acids is 1. The van der Waals surface area contributed by atoms with E-state index >= 15 is 0 Å². The summed E-state index contributed by atoms with van der Waals surface area (Å²) in [6.07, 6.45) is 0. The number of thioether (sulfide) groups is 1. The Morgan fingerprint density at radius 2 is 2.05 bits per heavy atom. The Morgan fingerprint density at radius 3 is 2.63 bits per heavy atom. The highest BCUT2D eigenvalue weighted by Gasteiger charge is 2.41. The third kappa shape index (κ3) is 2.46. The van der Waals surface area contributed by atoms with E-state index in [0.717, 1.165) is 0 Å². The first-order valence-corrected chi connectivity index (χ1v) is 6.62. The lowest BCUT2D eigenvalue weighted by Crippen LogP contribution is -2.41. The monoisotopic (exact) mass is 283 g/mol. The van der Waals surface area contributed by atoms with Crippen LogP contribution in [0.15, 0.2) is 18.2 Å². The van der Waals surface area contributed by atoms with E-state index in [1.807, 2.05) is 0 Å². The van der Waals surface area contributed by atoms with Crippen molar-refractivity contribution >= 4 is 23.6 Å². The van der Waals surface area contributed by atoms with Crippen LogP contribution in [-0.4, -0.2) is 43.9 Å². The molecule has 3 N–H and O–H groups in total. The van der Waals surface area contributed by atoms with Gasteiger partial charge in [0.1, 0.15) is 22.9 Å². The van der Waals surface area contributed by atoms with Crippen LogP contribution in [0.4, 0.5) is 0 Å². The van der Waals surface area contributed by atoms with Gasteiger partial charge in [0, 0.05) is 18.2 Å². The standard InChI is InChI=1S/C12H13NO5S/c1-6(14)13-9(12(17)18)5-19-11(13)8-4-7(15)2-3-10(8)16/h2-4,9,11,15-16H,5H2,1H3,(H,17,18). The molecule has 1 aliphatic rings. The first-order valence-electron chi connectivity index (χ1n) is 5.57. The summed E-state index contributed by atoms with van der Waals surface area (Å²) >= 11 is 1.24. The van der Waals surface area contributed by atoms with Crippen molar-refractivity contribution in [2.45, 2.75) is 18.3 Å². The molecular formula is C12H13NO5S. The molecule has 19 heavy (non-hydrogen) atoms. The maximum Gasteiger partial charge on any atom is 0.327 e.